The second kappa shape index (κ2) is 9.71. The molecule has 4 aromatic carbocycles. The first-order valence-electron chi connectivity index (χ1n) is 10.1. The Hall–Kier alpha value is -3.99. The lowest BCUT2D eigenvalue weighted by molar-refractivity contribution is 0.102. The monoisotopic (exact) mass is 511 g/mol. The molecule has 0 saturated heterocycles. The van der Waals surface area contributed by atoms with Crippen LogP contribution in [0.2, 0.25) is 5.02 Å². The number of benzene rings is 4. The van der Waals surface area contributed by atoms with E-state index in [1.165, 1.54) is 43.5 Å². The molecule has 3 N–H and O–H groups in total. The maximum atomic E-state index is 13.1. The van der Waals surface area contributed by atoms with Crippen LogP contribution >= 0.6 is 11.6 Å². The topological polar surface area (TPSA) is 138 Å². The van der Waals surface area contributed by atoms with E-state index < -0.39 is 21.8 Å². The van der Waals surface area contributed by atoms with Crippen LogP contribution in [-0.2, 0) is 10.1 Å². The minimum atomic E-state index is -4.34. The summed E-state index contributed by atoms with van der Waals surface area (Å²) < 4.78 is 36.8. The molecular weight excluding hydrogens is 494 g/mol. The number of ether oxygens (including phenoxy) is 1. The third-order valence-electron chi connectivity index (χ3n) is 5.05. The summed E-state index contributed by atoms with van der Waals surface area (Å²) >= 11 is 6.04. The van der Waals surface area contributed by atoms with Gasteiger partial charge in [-0.1, -0.05) is 35.9 Å². The average molecular weight is 512 g/mol. The predicted octanol–water partition coefficient (Wildman–Crippen LogP) is 6.12. The van der Waals surface area contributed by atoms with E-state index in [9.17, 15) is 18.3 Å². The molecular formula is C24H18ClN3O6S. The molecule has 0 aliphatic heterocycles. The van der Waals surface area contributed by atoms with Gasteiger partial charge in [0.15, 0.2) is 5.75 Å². The van der Waals surface area contributed by atoms with Gasteiger partial charge in [-0.15, -0.1) is 5.11 Å². The number of amides is 1. The molecule has 0 radical (unpaired) electrons. The molecule has 0 fully saturated rings. The fourth-order valence-electron chi connectivity index (χ4n) is 3.35. The summed E-state index contributed by atoms with van der Waals surface area (Å²) in [6, 6.07) is 18.3. The first-order valence-corrected chi connectivity index (χ1v) is 11.9. The van der Waals surface area contributed by atoms with Crippen LogP contribution in [0.5, 0.6) is 11.5 Å². The highest BCUT2D eigenvalue weighted by molar-refractivity contribution is 7.85. The lowest BCUT2D eigenvalue weighted by Crippen LogP contribution is -2.13. The number of phenols is 1. The van der Waals surface area contributed by atoms with Crippen LogP contribution in [0.15, 0.2) is 87.9 Å². The number of methoxy groups -OCH3 is 1. The van der Waals surface area contributed by atoms with Crippen molar-refractivity contribution >= 4 is 55.5 Å². The smallest absolute Gasteiger partial charge is 0.294 e. The van der Waals surface area contributed by atoms with E-state index in [1.54, 1.807) is 36.4 Å². The number of hydrogen-bond donors (Lipinski definition) is 3. The van der Waals surface area contributed by atoms with Gasteiger partial charge in [0, 0.05) is 10.4 Å². The maximum absolute atomic E-state index is 13.1. The van der Waals surface area contributed by atoms with Gasteiger partial charge in [0.25, 0.3) is 16.0 Å². The van der Waals surface area contributed by atoms with E-state index in [-0.39, 0.29) is 21.8 Å². The second-order valence-corrected chi connectivity index (χ2v) is 9.17. The summed E-state index contributed by atoms with van der Waals surface area (Å²) in [4.78, 5) is 12.8. The van der Waals surface area contributed by atoms with E-state index in [4.69, 9.17) is 20.9 Å². The van der Waals surface area contributed by atoms with E-state index in [1.807, 2.05) is 0 Å². The number of azo groups is 1. The van der Waals surface area contributed by atoms with Crippen molar-refractivity contribution in [2.75, 3.05) is 12.4 Å². The number of rotatable bonds is 6. The van der Waals surface area contributed by atoms with Crippen LogP contribution in [0, 0.1) is 0 Å². The molecule has 178 valence electrons. The minimum absolute atomic E-state index is 0.0464. The zero-order valence-corrected chi connectivity index (χ0v) is 19.7. The fraction of sp³-hybridized carbons (Fsp3) is 0.0417. The van der Waals surface area contributed by atoms with Crippen molar-refractivity contribution < 1.29 is 27.6 Å². The Morgan fingerprint density at radius 1 is 1.00 bits per heavy atom. The first-order chi connectivity index (χ1) is 16.7. The van der Waals surface area contributed by atoms with Crippen molar-refractivity contribution in [2.45, 2.75) is 4.90 Å². The van der Waals surface area contributed by atoms with E-state index in [0.717, 1.165) is 0 Å². The summed E-state index contributed by atoms with van der Waals surface area (Å²) in [5, 5.41) is 23.4. The van der Waals surface area contributed by atoms with Crippen molar-refractivity contribution in [1.29, 1.82) is 0 Å². The number of phenolic OH excluding ortho intramolecular Hbond substituents is 1. The number of carbonyl (C=O) groups excluding carboxylic acids is 1. The largest absolute Gasteiger partial charge is 0.505 e. The summed E-state index contributed by atoms with van der Waals surface area (Å²) in [7, 11) is -2.89. The molecule has 0 atom stereocenters. The van der Waals surface area contributed by atoms with Gasteiger partial charge in [-0.3, -0.25) is 9.35 Å². The van der Waals surface area contributed by atoms with Gasteiger partial charge >= 0.3 is 0 Å². The summed E-state index contributed by atoms with van der Waals surface area (Å²) in [6.45, 7) is 0. The third-order valence-corrected chi connectivity index (χ3v) is 6.15. The van der Waals surface area contributed by atoms with Gasteiger partial charge in [-0.25, -0.2) is 0 Å². The molecule has 9 nitrogen and oxygen atoms in total. The van der Waals surface area contributed by atoms with Crippen molar-refractivity contribution in [3.05, 3.63) is 83.4 Å². The highest BCUT2D eigenvalue weighted by Crippen LogP contribution is 2.40. The van der Waals surface area contributed by atoms with Crippen molar-refractivity contribution in [1.82, 2.24) is 0 Å². The molecule has 0 heterocycles. The summed E-state index contributed by atoms with van der Waals surface area (Å²) in [5.74, 6) is -0.639. The molecule has 11 heteroatoms. The van der Waals surface area contributed by atoms with Gasteiger partial charge in [0.2, 0.25) is 0 Å². The Kier molecular flexibility index (Phi) is 6.70. The van der Waals surface area contributed by atoms with Crippen LogP contribution < -0.4 is 10.1 Å². The number of fused-ring (bicyclic) bond motifs is 1. The minimum Gasteiger partial charge on any atom is -0.505 e. The SMILES string of the molecule is COc1ccc(Cl)cc1NC(=O)c1cc2ccccc2c(/N=N/c2ccc(S(=O)(=O)O)cc2)c1O. The molecule has 0 aromatic heterocycles. The normalized spacial score (nSPS) is 11.6. The van der Waals surface area contributed by atoms with Crippen LogP contribution in [0.3, 0.4) is 0 Å². The second-order valence-electron chi connectivity index (χ2n) is 7.31. The highest BCUT2D eigenvalue weighted by Gasteiger charge is 2.20. The van der Waals surface area contributed by atoms with Gasteiger partial charge in [0.05, 0.1) is 28.9 Å². The molecule has 1 amide bonds. The van der Waals surface area contributed by atoms with Crippen LogP contribution in [0.25, 0.3) is 10.8 Å². The Balaban J connectivity index is 1.75. The standard InChI is InChI=1S/C24H18ClN3O6S/c1-34-21-11-6-15(25)13-20(21)26-24(30)19-12-14-4-2-3-5-18(14)22(23(19)29)28-27-16-7-9-17(10-8-16)35(31,32)33/h2-13,29H,1H3,(H,26,30)(H,31,32,33)/b28-27+. The molecule has 0 spiro atoms. The Bertz CT molecular complexity index is 1570. The number of carbonyl (C=O) groups is 1. The van der Waals surface area contributed by atoms with Crippen molar-refractivity contribution in [2.24, 2.45) is 10.2 Å². The quantitative estimate of drug-likeness (QED) is 0.210. The van der Waals surface area contributed by atoms with Gasteiger partial charge in [0.1, 0.15) is 11.4 Å². The third kappa shape index (κ3) is 5.24. The average Bonchev–Trinajstić information content (AvgIpc) is 2.83. The van der Waals surface area contributed by atoms with Crippen LogP contribution in [0.1, 0.15) is 10.4 Å². The highest BCUT2D eigenvalue weighted by atomic mass is 35.5. The van der Waals surface area contributed by atoms with E-state index in [0.29, 0.717) is 27.2 Å². The molecule has 4 aromatic rings. The number of hydrogen-bond acceptors (Lipinski definition) is 7. The van der Waals surface area contributed by atoms with Crippen molar-refractivity contribution in [3.63, 3.8) is 0 Å². The first kappa shape index (κ1) is 24.1. The Labute approximate surface area is 205 Å². The number of anilines is 1. The fourth-order valence-corrected chi connectivity index (χ4v) is 4.00. The van der Waals surface area contributed by atoms with E-state index >= 15 is 0 Å². The van der Waals surface area contributed by atoms with Gasteiger partial charge < -0.3 is 15.2 Å². The zero-order chi connectivity index (χ0) is 25.2. The van der Waals surface area contributed by atoms with Gasteiger partial charge in [-0.05, 0) is 53.9 Å². The zero-order valence-electron chi connectivity index (χ0n) is 18.1. The Morgan fingerprint density at radius 3 is 2.40 bits per heavy atom. The number of nitrogens with one attached hydrogen (secondary N) is 1. The number of nitrogens with zero attached hydrogens (tertiary/aromatic N) is 2. The summed E-state index contributed by atoms with van der Waals surface area (Å²) in [5.41, 5.74) is 0.575. The molecule has 0 unspecified atom stereocenters. The predicted molar refractivity (Wildman–Crippen MR) is 132 cm³/mol. The molecule has 35 heavy (non-hydrogen) atoms. The molecule has 0 aliphatic carbocycles. The molecule has 0 aliphatic rings. The summed E-state index contributed by atoms with van der Waals surface area (Å²) in [6.07, 6.45) is 0. The maximum Gasteiger partial charge on any atom is 0.294 e. The molecule has 0 bridgehead atoms. The van der Waals surface area contributed by atoms with Gasteiger partial charge in [-0.2, -0.15) is 13.5 Å². The van der Waals surface area contributed by atoms with E-state index in [2.05, 4.69) is 15.5 Å². The van der Waals surface area contributed by atoms with Crippen LogP contribution in [-0.4, -0.2) is 31.1 Å². The lowest BCUT2D eigenvalue weighted by Gasteiger charge is -2.13. The van der Waals surface area contributed by atoms with Crippen molar-refractivity contribution in [3.8, 4) is 11.5 Å². The number of aromatic hydroxyl groups is 1. The van der Waals surface area contributed by atoms with Crippen LogP contribution in [0.4, 0.5) is 17.1 Å². The molecule has 4 rings (SSSR count). The lowest BCUT2D eigenvalue weighted by atomic mass is 10.0. The number of halogens is 1. The Morgan fingerprint density at radius 2 is 1.71 bits per heavy atom. The molecule has 0 saturated carbocycles.